The fourth-order valence-corrected chi connectivity index (χ4v) is 3.73. The quantitative estimate of drug-likeness (QED) is 0.718. The van der Waals surface area contributed by atoms with Gasteiger partial charge < -0.3 is 15.0 Å². The Morgan fingerprint density at radius 3 is 2.74 bits per heavy atom. The molecule has 1 aromatic carbocycles. The molecular weight excluding hydrogens is 384 g/mol. The molecule has 0 saturated carbocycles. The van der Waals surface area contributed by atoms with Gasteiger partial charge >= 0.3 is 0 Å². The molecule has 6 nitrogen and oxygen atoms in total. The number of pyridine rings is 1. The third-order valence-electron chi connectivity index (χ3n) is 4.19. The van der Waals surface area contributed by atoms with Crippen LogP contribution in [0.25, 0.3) is 10.6 Å². The Hall–Kier alpha value is -2.48. The summed E-state index contributed by atoms with van der Waals surface area (Å²) in [4.78, 5) is 23.6. The van der Waals surface area contributed by atoms with E-state index < -0.39 is 0 Å². The van der Waals surface area contributed by atoms with Crippen LogP contribution in [0.4, 0.5) is 11.5 Å². The van der Waals surface area contributed by atoms with Crippen molar-refractivity contribution in [3.8, 4) is 10.6 Å². The number of benzene rings is 1. The van der Waals surface area contributed by atoms with Gasteiger partial charge in [-0.3, -0.25) is 4.79 Å². The molecule has 2 aromatic heterocycles. The Morgan fingerprint density at radius 2 is 2.00 bits per heavy atom. The van der Waals surface area contributed by atoms with Crippen LogP contribution in [0.1, 0.15) is 10.5 Å². The normalized spacial score (nSPS) is 14.2. The summed E-state index contributed by atoms with van der Waals surface area (Å²) in [5.41, 5.74) is 1.80. The second-order valence-electron chi connectivity index (χ2n) is 5.98. The molecule has 0 atom stereocenters. The van der Waals surface area contributed by atoms with Crippen LogP contribution in [0.15, 0.2) is 48.0 Å². The highest BCUT2D eigenvalue weighted by atomic mass is 35.5. The lowest BCUT2D eigenvalue weighted by molar-refractivity contribution is 0.102. The molecule has 0 unspecified atom stereocenters. The minimum atomic E-state index is -0.288. The Labute approximate surface area is 165 Å². The smallest absolute Gasteiger partial charge is 0.275 e. The maximum absolute atomic E-state index is 12.4. The second kappa shape index (κ2) is 8.04. The lowest BCUT2D eigenvalue weighted by Crippen LogP contribution is -2.36. The monoisotopic (exact) mass is 400 g/mol. The van der Waals surface area contributed by atoms with E-state index in [2.05, 4.69) is 20.2 Å². The summed E-state index contributed by atoms with van der Waals surface area (Å²) in [6.45, 7) is 3.13. The first kappa shape index (κ1) is 17.9. The minimum Gasteiger partial charge on any atom is -0.378 e. The molecule has 3 heterocycles. The van der Waals surface area contributed by atoms with Crippen LogP contribution in [0, 0.1) is 0 Å². The number of para-hydroxylation sites is 1. The van der Waals surface area contributed by atoms with Gasteiger partial charge in [0.05, 0.1) is 23.9 Å². The van der Waals surface area contributed by atoms with Crippen LogP contribution in [0.5, 0.6) is 0 Å². The molecule has 1 N–H and O–H groups in total. The third kappa shape index (κ3) is 4.10. The van der Waals surface area contributed by atoms with Gasteiger partial charge in [-0.2, -0.15) is 0 Å². The van der Waals surface area contributed by atoms with E-state index in [0.717, 1.165) is 42.7 Å². The largest absolute Gasteiger partial charge is 0.378 e. The molecule has 1 aliphatic heterocycles. The Kier molecular flexibility index (Phi) is 5.33. The van der Waals surface area contributed by atoms with E-state index in [-0.39, 0.29) is 5.91 Å². The van der Waals surface area contributed by atoms with Crippen molar-refractivity contribution in [3.05, 3.63) is 58.7 Å². The van der Waals surface area contributed by atoms with Crippen molar-refractivity contribution in [3.63, 3.8) is 0 Å². The highest BCUT2D eigenvalue weighted by Crippen LogP contribution is 2.26. The molecule has 3 aromatic rings. The SMILES string of the molecule is O=C(Nc1ccccc1Cl)c1csc(-c2ccc(N3CCOCC3)nc2)n1. The van der Waals surface area contributed by atoms with Gasteiger partial charge in [0, 0.05) is 30.2 Å². The number of nitrogens with zero attached hydrogens (tertiary/aromatic N) is 3. The highest BCUT2D eigenvalue weighted by molar-refractivity contribution is 7.13. The van der Waals surface area contributed by atoms with E-state index >= 15 is 0 Å². The molecule has 0 spiro atoms. The van der Waals surface area contributed by atoms with Gasteiger partial charge in [-0.25, -0.2) is 9.97 Å². The van der Waals surface area contributed by atoms with Crippen molar-refractivity contribution < 1.29 is 9.53 Å². The fraction of sp³-hybridized carbons (Fsp3) is 0.211. The molecule has 1 fully saturated rings. The Balaban J connectivity index is 1.47. The fourth-order valence-electron chi connectivity index (χ4n) is 2.75. The molecule has 1 amide bonds. The summed E-state index contributed by atoms with van der Waals surface area (Å²) in [5.74, 6) is 0.638. The van der Waals surface area contributed by atoms with Crippen molar-refractivity contribution in [1.29, 1.82) is 0 Å². The van der Waals surface area contributed by atoms with E-state index in [1.54, 1.807) is 23.7 Å². The van der Waals surface area contributed by atoms with Crippen LogP contribution >= 0.6 is 22.9 Å². The number of thiazole rings is 1. The van der Waals surface area contributed by atoms with Gasteiger partial charge in [0.15, 0.2) is 0 Å². The maximum atomic E-state index is 12.4. The van der Waals surface area contributed by atoms with E-state index in [1.165, 1.54) is 11.3 Å². The number of aromatic nitrogens is 2. The summed E-state index contributed by atoms with van der Waals surface area (Å²) in [5, 5.41) is 5.76. The number of anilines is 2. The van der Waals surface area contributed by atoms with Gasteiger partial charge in [-0.1, -0.05) is 23.7 Å². The summed E-state index contributed by atoms with van der Waals surface area (Å²) in [7, 11) is 0. The average molecular weight is 401 g/mol. The summed E-state index contributed by atoms with van der Waals surface area (Å²) >= 11 is 7.49. The highest BCUT2D eigenvalue weighted by Gasteiger charge is 2.15. The third-order valence-corrected chi connectivity index (χ3v) is 5.41. The second-order valence-corrected chi connectivity index (χ2v) is 7.24. The Bertz CT molecular complexity index is 939. The molecule has 0 bridgehead atoms. The lowest BCUT2D eigenvalue weighted by atomic mass is 10.2. The van der Waals surface area contributed by atoms with E-state index in [1.807, 2.05) is 24.3 Å². The summed E-state index contributed by atoms with van der Waals surface area (Å²) in [6.07, 6.45) is 1.79. The molecular formula is C19H17ClN4O2S. The maximum Gasteiger partial charge on any atom is 0.275 e. The van der Waals surface area contributed by atoms with Crippen molar-refractivity contribution in [2.75, 3.05) is 36.5 Å². The van der Waals surface area contributed by atoms with Crippen LogP contribution in [0.2, 0.25) is 5.02 Å². The summed E-state index contributed by atoms with van der Waals surface area (Å²) in [6, 6.07) is 11.1. The minimum absolute atomic E-state index is 0.288. The van der Waals surface area contributed by atoms with Gasteiger partial charge in [0.1, 0.15) is 16.5 Å². The van der Waals surface area contributed by atoms with Gasteiger partial charge in [0.2, 0.25) is 0 Å². The first-order chi connectivity index (χ1) is 13.2. The molecule has 138 valence electrons. The predicted molar refractivity (Wildman–Crippen MR) is 108 cm³/mol. The standard InChI is InChI=1S/C19H17ClN4O2S/c20-14-3-1-2-4-15(14)22-18(25)16-12-27-19(23-16)13-5-6-17(21-11-13)24-7-9-26-10-8-24/h1-6,11-12H,7-10H2,(H,22,25). The molecule has 0 aliphatic carbocycles. The lowest BCUT2D eigenvalue weighted by Gasteiger charge is -2.27. The number of morpholine rings is 1. The Morgan fingerprint density at radius 1 is 1.19 bits per heavy atom. The molecule has 1 saturated heterocycles. The molecule has 27 heavy (non-hydrogen) atoms. The van der Waals surface area contributed by atoms with Crippen molar-refractivity contribution in [1.82, 2.24) is 9.97 Å². The molecule has 1 aliphatic rings. The van der Waals surface area contributed by atoms with E-state index in [0.29, 0.717) is 16.4 Å². The number of carbonyl (C=O) groups is 1. The van der Waals surface area contributed by atoms with Crippen LogP contribution in [0.3, 0.4) is 0 Å². The average Bonchev–Trinajstić information content (AvgIpc) is 3.21. The zero-order valence-corrected chi connectivity index (χ0v) is 16.0. The molecule has 0 radical (unpaired) electrons. The zero-order chi connectivity index (χ0) is 18.6. The number of carbonyl (C=O) groups excluding carboxylic acids is 1. The van der Waals surface area contributed by atoms with Crippen LogP contribution < -0.4 is 10.2 Å². The number of hydrogen-bond donors (Lipinski definition) is 1. The number of halogens is 1. The number of hydrogen-bond acceptors (Lipinski definition) is 6. The topological polar surface area (TPSA) is 67.4 Å². The van der Waals surface area contributed by atoms with Crippen molar-refractivity contribution in [2.45, 2.75) is 0 Å². The van der Waals surface area contributed by atoms with Gasteiger partial charge in [-0.05, 0) is 24.3 Å². The summed E-state index contributed by atoms with van der Waals surface area (Å²) < 4.78 is 5.37. The number of amides is 1. The van der Waals surface area contributed by atoms with E-state index in [4.69, 9.17) is 16.3 Å². The number of rotatable bonds is 4. The number of ether oxygens (including phenoxy) is 1. The molecule has 8 heteroatoms. The zero-order valence-electron chi connectivity index (χ0n) is 14.4. The van der Waals surface area contributed by atoms with Gasteiger partial charge in [0.25, 0.3) is 5.91 Å². The van der Waals surface area contributed by atoms with Crippen molar-refractivity contribution >= 4 is 40.4 Å². The predicted octanol–water partition coefficient (Wildman–Crippen LogP) is 3.95. The number of nitrogens with one attached hydrogen (secondary N) is 1. The first-order valence-corrected chi connectivity index (χ1v) is 9.77. The van der Waals surface area contributed by atoms with E-state index in [9.17, 15) is 4.79 Å². The van der Waals surface area contributed by atoms with Crippen LogP contribution in [-0.4, -0.2) is 42.2 Å². The van der Waals surface area contributed by atoms with Crippen LogP contribution in [-0.2, 0) is 4.74 Å². The first-order valence-electron chi connectivity index (χ1n) is 8.51. The van der Waals surface area contributed by atoms with Crippen molar-refractivity contribution in [2.24, 2.45) is 0 Å². The molecule has 4 rings (SSSR count). The van der Waals surface area contributed by atoms with Gasteiger partial charge in [-0.15, -0.1) is 11.3 Å².